The van der Waals surface area contributed by atoms with E-state index in [0.717, 1.165) is 0 Å². The van der Waals surface area contributed by atoms with Crippen molar-refractivity contribution >= 4 is 34.8 Å². The van der Waals surface area contributed by atoms with Gasteiger partial charge in [0.2, 0.25) is 6.29 Å². The van der Waals surface area contributed by atoms with Crippen molar-refractivity contribution in [1.29, 1.82) is 0 Å². The quantitative estimate of drug-likeness (QED) is 0.702. The summed E-state index contributed by atoms with van der Waals surface area (Å²) in [6.45, 7) is -0.192. The van der Waals surface area contributed by atoms with Gasteiger partial charge in [-0.25, -0.2) is 0 Å². The molecule has 0 aromatic heterocycles. The van der Waals surface area contributed by atoms with E-state index in [4.69, 9.17) is 49.0 Å². The Morgan fingerprint density at radius 2 is 1.50 bits per heavy atom. The molecule has 140 valence electrons. The van der Waals surface area contributed by atoms with Crippen molar-refractivity contribution in [2.24, 2.45) is 0 Å². The first-order valence-corrected chi connectivity index (χ1v) is 8.73. The summed E-state index contributed by atoms with van der Waals surface area (Å²) < 4.78 is 16.6. The average Bonchev–Trinajstić information content (AvgIpc) is 2.60. The molecule has 0 bridgehead atoms. The van der Waals surface area contributed by atoms with Crippen LogP contribution >= 0.6 is 34.8 Å². The summed E-state index contributed by atoms with van der Waals surface area (Å²) in [7, 11) is 0. The van der Waals surface area contributed by atoms with Gasteiger partial charge in [-0.05, 0) is 30.3 Å². The molecule has 0 unspecified atom stereocenters. The van der Waals surface area contributed by atoms with Gasteiger partial charge in [0.25, 0.3) is 0 Å². The number of hydrogen-bond donors (Lipinski definition) is 3. The lowest BCUT2D eigenvalue weighted by molar-refractivity contribution is -0.242. The van der Waals surface area contributed by atoms with Crippen molar-refractivity contribution in [3.63, 3.8) is 0 Å². The van der Waals surface area contributed by atoms with E-state index in [-0.39, 0.29) is 18.1 Å². The Balaban J connectivity index is 1.84. The first-order chi connectivity index (χ1) is 12.3. The molecule has 0 radical (unpaired) electrons. The Bertz CT molecular complexity index is 787. The number of aliphatic hydroxyl groups is 3. The van der Waals surface area contributed by atoms with Crippen LogP contribution in [0.3, 0.4) is 0 Å². The van der Waals surface area contributed by atoms with Crippen LogP contribution in [0.25, 0.3) is 0 Å². The zero-order chi connectivity index (χ0) is 18.8. The van der Waals surface area contributed by atoms with Gasteiger partial charge in [-0.2, -0.15) is 0 Å². The molecule has 26 heavy (non-hydrogen) atoms. The maximum absolute atomic E-state index is 10.0. The second-order valence-electron chi connectivity index (χ2n) is 5.64. The smallest absolute Gasteiger partial charge is 0.229 e. The molecule has 1 fully saturated rings. The van der Waals surface area contributed by atoms with Crippen LogP contribution in [0.5, 0.6) is 17.2 Å². The van der Waals surface area contributed by atoms with E-state index in [0.29, 0.717) is 20.8 Å². The van der Waals surface area contributed by atoms with E-state index in [1.807, 2.05) is 0 Å². The fourth-order valence-electron chi connectivity index (χ4n) is 2.34. The van der Waals surface area contributed by atoms with Gasteiger partial charge in [-0.1, -0.05) is 34.8 Å². The molecule has 1 heterocycles. The zero-order valence-corrected chi connectivity index (χ0v) is 15.4. The van der Waals surface area contributed by atoms with Crippen molar-refractivity contribution in [2.75, 3.05) is 6.61 Å². The summed E-state index contributed by atoms with van der Waals surface area (Å²) in [5.41, 5.74) is 0. The Hall–Kier alpha value is -1.25. The van der Waals surface area contributed by atoms with Crippen LogP contribution < -0.4 is 9.47 Å². The highest BCUT2D eigenvalue weighted by Gasteiger charge is 2.39. The minimum atomic E-state index is -1.45. The molecule has 4 atom stereocenters. The Morgan fingerprint density at radius 1 is 0.846 bits per heavy atom. The summed E-state index contributed by atoms with van der Waals surface area (Å²) in [5, 5.41) is 30.4. The SMILES string of the molecule is O[C@@H]1[C@@H](Oc2cc(Cl)ccc2Oc2ccc(Cl)cc2Cl)OC[C@@H](O)[C@H]1O. The molecule has 0 saturated carbocycles. The second-order valence-corrected chi connectivity index (χ2v) is 6.92. The van der Waals surface area contributed by atoms with Crippen LogP contribution in [0, 0.1) is 0 Å². The minimum absolute atomic E-state index is 0.163. The van der Waals surface area contributed by atoms with E-state index >= 15 is 0 Å². The highest BCUT2D eigenvalue weighted by atomic mass is 35.5. The molecular weight excluding hydrogens is 407 g/mol. The number of aliphatic hydroxyl groups excluding tert-OH is 3. The molecular formula is C17H15Cl3O6. The Labute approximate surface area is 164 Å². The molecule has 9 heteroatoms. The number of ether oxygens (including phenoxy) is 3. The van der Waals surface area contributed by atoms with Gasteiger partial charge in [-0.15, -0.1) is 0 Å². The summed E-state index contributed by atoms with van der Waals surface area (Å²) in [5.74, 6) is 0.759. The third kappa shape index (κ3) is 4.35. The molecule has 0 aliphatic carbocycles. The van der Waals surface area contributed by atoms with Gasteiger partial charge >= 0.3 is 0 Å². The van der Waals surface area contributed by atoms with Crippen molar-refractivity contribution in [2.45, 2.75) is 24.6 Å². The van der Waals surface area contributed by atoms with E-state index < -0.39 is 24.6 Å². The molecule has 2 aromatic carbocycles. The first kappa shape index (κ1) is 19.5. The highest BCUT2D eigenvalue weighted by Crippen LogP contribution is 2.38. The van der Waals surface area contributed by atoms with Gasteiger partial charge < -0.3 is 29.5 Å². The summed E-state index contributed by atoms with van der Waals surface area (Å²) in [6, 6.07) is 9.35. The van der Waals surface area contributed by atoms with Crippen LogP contribution in [0.1, 0.15) is 0 Å². The van der Waals surface area contributed by atoms with E-state index in [9.17, 15) is 15.3 Å². The number of halogens is 3. The number of hydrogen-bond acceptors (Lipinski definition) is 6. The summed E-state index contributed by atoms with van der Waals surface area (Å²) in [6.07, 6.45) is -5.27. The van der Waals surface area contributed by atoms with Crippen molar-refractivity contribution in [3.8, 4) is 17.2 Å². The van der Waals surface area contributed by atoms with E-state index in [1.165, 1.54) is 12.1 Å². The predicted molar refractivity (Wildman–Crippen MR) is 96.4 cm³/mol. The highest BCUT2D eigenvalue weighted by molar-refractivity contribution is 6.35. The predicted octanol–water partition coefficient (Wildman–Crippen LogP) is 3.26. The zero-order valence-electron chi connectivity index (χ0n) is 13.2. The maximum Gasteiger partial charge on any atom is 0.229 e. The molecule has 1 saturated heterocycles. The lowest BCUT2D eigenvalue weighted by Gasteiger charge is -2.35. The van der Waals surface area contributed by atoms with Crippen molar-refractivity contribution < 1.29 is 29.5 Å². The Morgan fingerprint density at radius 3 is 2.19 bits per heavy atom. The van der Waals surface area contributed by atoms with Crippen LogP contribution in [-0.4, -0.2) is 46.5 Å². The molecule has 3 rings (SSSR count). The molecule has 0 spiro atoms. The van der Waals surface area contributed by atoms with Crippen LogP contribution in [0.2, 0.25) is 15.1 Å². The van der Waals surface area contributed by atoms with Gasteiger partial charge in [0.05, 0.1) is 11.6 Å². The third-order valence-corrected chi connectivity index (χ3v) is 4.48. The summed E-state index contributed by atoms with van der Waals surface area (Å²) in [4.78, 5) is 0. The minimum Gasteiger partial charge on any atom is -0.458 e. The molecule has 2 aromatic rings. The molecule has 1 aliphatic rings. The van der Waals surface area contributed by atoms with Gasteiger partial charge in [0.15, 0.2) is 11.5 Å². The Kier molecular flexibility index (Phi) is 6.14. The fourth-order valence-corrected chi connectivity index (χ4v) is 2.95. The van der Waals surface area contributed by atoms with Crippen LogP contribution in [0.4, 0.5) is 0 Å². The monoisotopic (exact) mass is 420 g/mol. The number of rotatable bonds is 4. The lowest BCUT2D eigenvalue weighted by Crippen LogP contribution is -2.54. The fraction of sp³-hybridized carbons (Fsp3) is 0.294. The maximum atomic E-state index is 10.0. The first-order valence-electron chi connectivity index (χ1n) is 7.60. The average molecular weight is 422 g/mol. The topological polar surface area (TPSA) is 88.4 Å². The molecule has 3 N–H and O–H groups in total. The lowest BCUT2D eigenvalue weighted by atomic mass is 10.1. The van der Waals surface area contributed by atoms with Crippen LogP contribution in [0.15, 0.2) is 36.4 Å². The molecule has 6 nitrogen and oxygen atoms in total. The van der Waals surface area contributed by atoms with E-state index in [1.54, 1.807) is 24.3 Å². The van der Waals surface area contributed by atoms with Gasteiger partial charge in [0, 0.05) is 16.1 Å². The van der Waals surface area contributed by atoms with Crippen molar-refractivity contribution in [1.82, 2.24) is 0 Å². The van der Waals surface area contributed by atoms with Gasteiger partial charge in [0.1, 0.15) is 24.1 Å². The standard InChI is InChI=1S/C17H15Cl3O6/c18-8-1-3-12(10(20)5-8)25-13-4-2-9(19)6-14(13)26-17-16(23)15(22)11(21)7-24-17/h1-6,11,15-17,21-23H,7H2/t11-,15-,16+,17-/m1/s1. The second kappa shape index (κ2) is 8.19. The van der Waals surface area contributed by atoms with Crippen molar-refractivity contribution in [3.05, 3.63) is 51.5 Å². The van der Waals surface area contributed by atoms with E-state index in [2.05, 4.69) is 0 Å². The van der Waals surface area contributed by atoms with Gasteiger partial charge in [-0.3, -0.25) is 0 Å². The summed E-state index contributed by atoms with van der Waals surface area (Å²) >= 11 is 18.0. The van der Waals surface area contributed by atoms with Crippen LogP contribution in [-0.2, 0) is 4.74 Å². The third-order valence-electron chi connectivity index (χ3n) is 3.72. The molecule has 1 aliphatic heterocycles. The number of benzene rings is 2. The largest absolute Gasteiger partial charge is 0.458 e. The molecule has 0 amide bonds. The normalized spacial score (nSPS) is 25.8.